The third-order valence-corrected chi connectivity index (χ3v) is 10.6. The van der Waals surface area contributed by atoms with E-state index in [9.17, 15) is 14.4 Å². The average molecular weight is 961 g/mol. The fraction of sp³-hybridized carbons (Fsp3) is 0.516. The van der Waals surface area contributed by atoms with Gasteiger partial charge in [0.25, 0.3) is 0 Å². The molecule has 0 aromatic carbocycles. The highest BCUT2D eigenvalue weighted by Gasteiger charge is 2.19. The minimum atomic E-state index is -0.825. The van der Waals surface area contributed by atoms with Crippen molar-refractivity contribution in [3.05, 3.63) is 170 Å². The first-order valence-corrected chi connectivity index (χ1v) is 27.2. The van der Waals surface area contributed by atoms with E-state index in [1.54, 1.807) is 0 Å². The van der Waals surface area contributed by atoms with E-state index in [-0.39, 0.29) is 44.0 Å². The van der Waals surface area contributed by atoms with Gasteiger partial charge in [-0.1, -0.05) is 236 Å². The van der Waals surface area contributed by atoms with Crippen LogP contribution in [0.15, 0.2) is 170 Å². The van der Waals surface area contributed by atoms with Crippen molar-refractivity contribution in [2.24, 2.45) is 0 Å². The third-order valence-electron chi connectivity index (χ3n) is 10.6. The fourth-order valence-corrected chi connectivity index (χ4v) is 6.66. The molecule has 0 aromatic heterocycles. The molecule has 0 aliphatic heterocycles. The lowest BCUT2D eigenvalue weighted by Crippen LogP contribution is -2.30. The van der Waals surface area contributed by atoms with Gasteiger partial charge in [-0.3, -0.25) is 14.4 Å². The highest BCUT2D eigenvalue weighted by Crippen LogP contribution is 2.13. The van der Waals surface area contributed by atoms with Crippen molar-refractivity contribution < 1.29 is 28.6 Å². The molecule has 0 heterocycles. The maximum absolute atomic E-state index is 12.9. The van der Waals surface area contributed by atoms with E-state index >= 15 is 0 Å². The number of ether oxygens (including phenoxy) is 3. The highest BCUT2D eigenvalue weighted by atomic mass is 16.6. The summed E-state index contributed by atoms with van der Waals surface area (Å²) < 4.78 is 16.8. The van der Waals surface area contributed by atoms with E-state index in [1.807, 2.05) is 72.9 Å². The standard InChI is InChI=1S/C64H96O6/c1-4-7-10-13-16-19-22-25-28-30-32-34-36-39-42-45-48-51-54-57-63(66)69-60-61(59-68-62(65)56-53-50-47-44-41-38-27-24-21-18-15-12-9-6-3)70-64(67)58-55-52-49-46-43-40-37-35-33-31-29-26-23-20-17-14-11-8-5-2/h7-13,16-22,25-30,32-36,38-39,42,61H,4-6,14-15,23-24,31,37,40-41,43-60H2,1-3H3/b10-7-,11-8-,12-9-,16-13-,20-17-,21-18-,22-19-,28-25-,29-26-,32-30+,35-33-,36-34-,38-27-,42-39-. The molecule has 0 saturated carbocycles. The molecule has 0 N–H and O–H groups in total. The normalized spacial score (nSPS) is 13.5. The Labute approximate surface area is 428 Å². The van der Waals surface area contributed by atoms with Crippen molar-refractivity contribution >= 4 is 17.9 Å². The second-order valence-corrected chi connectivity index (χ2v) is 17.2. The Morgan fingerprint density at radius 2 is 0.586 bits per heavy atom. The van der Waals surface area contributed by atoms with Gasteiger partial charge in [0, 0.05) is 19.3 Å². The van der Waals surface area contributed by atoms with Crippen LogP contribution in [0.25, 0.3) is 0 Å². The van der Waals surface area contributed by atoms with Crippen LogP contribution in [0.3, 0.4) is 0 Å². The summed E-state index contributed by atoms with van der Waals surface area (Å²) in [4.78, 5) is 38.1. The molecule has 6 nitrogen and oxygen atoms in total. The molecule has 388 valence electrons. The molecule has 0 spiro atoms. The van der Waals surface area contributed by atoms with Crippen LogP contribution in [0.2, 0.25) is 0 Å². The summed E-state index contributed by atoms with van der Waals surface area (Å²) in [5.74, 6) is -1.01. The summed E-state index contributed by atoms with van der Waals surface area (Å²) in [6.45, 7) is 6.17. The predicted octanol–water partition coefficient (Wildman–Crippen LogP) is 18.4. The third kappa shape index (κ3) is 53.7. The number of allylic oxidation sites excluding steroid dienone is 28. The van der Waals surface area contributed by atoms with Crippen LogP contribution in [0.5, 0.6) is 0 Å². The maximum Gasteiger partial charge on any atom is 0.306 e. The summed E-state index contributed by atoms with van der Waals surface area (Å²) in [6, 6.07) is 0. The maximum atomic E-state index is 12.9. The van der Waals surface area contributed by atoms with E-state index in [4.69, 9.17) is 14.2 Å². The van der Waals surface area contributed by atoms with Crippen molar-refractivity contribution in [1.82, 2.24) is 0 Å². The Balaban J connectivity index is 4.59. The number of carbonyl (C=O) groups excluding carboxylic acids is 3. The number of hydrogen-bond donors (Lipinski definition) is 0. The first kappa shape index (κ1) is 64.8. The molecule has 1 atom stereocenters. The van der Waals surface area contributed by atoms with Gasteiger partial charge in [0.15, 0.2) is 6.10 Å². The Bertz CT molecular complexity index is 1670. The second kappa shape index (κ2) is 56.4. The van der Waals surface area contributed by atoms with E-state index in [0.29, 0.717) is 12.8 Å². The van der Waals surface area contributed by atoms with Gasteiger partial charge in [-0.2, -0.15) is 0 Å². The van der Waals surface area contributed by atoms with Gasteiger partial charge < -0.3 is 14.2 Å². The molecule has 0 radical (unpaired) electrons. The molecule has 70 heavy (non-hydrogen) atoms. The van der Waals surface area contributed by atoms with Gasteiger partial charge in [0.2, 0.25) is 0 Å². The fourth-order valence-electron chi connectivity index (χ4n) is 6.66. The molecule has 1 unspecified atom stereocenters. The Morgan fingerprint density at radius 1 is 0.300 bits per heavy atom. The number of unbranched alkanes of at least 4 members (excludes halogenated alkanes) is 13. The minimum absolute atomic E-state index is 0.120. The molecular weight excluding hydrogens is 865 g/mol. The quantitative estimate of drug-likeness (QED) is 0.0199. The molecular formula is C64H96O6. The van der Waals surface area contributed by atoms with Gasteiger partial charge >= 0.3 is 17.9 Å². The first-order chi connectivity index (χ1) is 34.5. The molecule has 0 aliphatic rings. The van der Waals surface area contributed by atoms with Crippen LogP contribution in [-0.2, 0) is 28.6 Å². The Hall–Kier alpha value is -5.23. The van der Waals surface area contributed by atoms with Crippen molar-refractivity contribution in [1.29, 1.82) is 0 Å². The van der Waals surface area contributed by atoms with Crippen LogP contribution < -0.4 is 0 Å². The lowest BCUT2D eigenvalue weighted by atomic mass is 10.1. The van der Waals surface area contributed by atoms with E-state index in [0.717, 1.165) is 135 Å². The predicted molar refractivity (Wildman–Crippen MR) is 301 cm³/mol. The van der Waals surface area contributed by atoms with Gasteiger partial charge in [-0.25, -0.2) is 0 Å². The summed E-state index contributed by atoms with van der Waals surface area (Å²) in [5.41, 5.74) is 0. The van der Waals surface area contributed by atoms with Crippen molar-refractivity contribution in [2.75, 3.05) is 13.2 Å². The van der Waals surface area contributed by atoms with Crippen molar-refractivity contribution in [2.45, 2.75) is 200 Å². The molecule has 0 fully saturated rings. The van der Waals surface area contributed by atoms with Gasteiger partial charge in [-0.05, 0) is 109 Å². The van der Waals surface area contributed by atoms with E-state index in [2.05, 4.69) is 118 Å². The van der Waals surface area contributed by atoms with Gasteiger partial charge in [0.1, 0.15) is 13.2 Å². The monoisotopic (exact) mass is 961 g/mol. The zero-order valence-electron chi connectivity index (χ0n) is 44.2. The lowest BCUT2D eigenvalue weighted by Gasteiger charge is -2.18. The first-order valence-electron chi connectivity index (χ1n) is 27.2. The molecule has 0 amide bonds. The minimum Gasteiger partial charge on any atom is -0.462 e. The SMILES string of the molecule is CC\C=C/C=C\C=C/C=C\C=C\C=C/C=C\CCCCCC(=O)OCC(COC(=O)CCCCCC/C=C\C/C=C\C/C=C\CC)OC(=O)CCCCCCCC/C=C\C/C=C\C/C=C\C/C=C\CC. The lowest BCUT2D eigenvalue weighted by molar-refractivity contribution is -0.167. The zero-order chi connectivity index (χ0) is 50.7. The van der Waals surface area contributed by atoms with Crippen LogP contribution >= 0.6 is 0 Å². The summed E-state index contributed by atoms with van der Waals surface area (Å²) in [6.07, 6.45) is 83.3. The second-order valence-electron chi connectivity index (χ2n) is 17.2. The highest BCUT2D eigenvalue weighted by molar-refractivity contribution is 5.71. The number of rotatable bonds is 46. The molecule has 0 rings (SSSR count). The Kier molecular flexibility index (Phi) is 52.1. The summed E-state index contributed by atoms with van der Waals surface area (Å²) in [5, 5.41) is 0. The largest absolute Gasteiger partial charge is 0.462 e. The average Bonchev–Trinajstić information content (AvgIpc) is 3.36. The summed E-state index contributed by atoms with van der Waals surface area (Å²) in [7, 11) is 0. The Morgan fingerprint density at radius 3 is 0.986 bits per heavy atom. The molecule has 6 heteroatoms. The van der Waals surface area contributed by atoms with Crippen LogP contribution in [0.1, 0.15) is 194 Å². The van der Waals surface area contributed by atoms with Crippen LogP contribution in [-0.4, -0.2) is 37.2 Å². The number of carbonyl (C=O) groups is 3. The molecule has 0 aromatic rings. The summed E-state index contributed by atoms with van der Waals surface area (Å²) >= 11 is 0. The van der Waals surface area contributed by atoms with Crippen molar-refractivity contribution in [3.63, 3.8) is 0 Å². The number of hydrogen-bond acceptors (Lipinski definition) is 6. The van der Waals surface area contributed by atoms with E-state index < -0.39 is 6.10 Å². The topological polar surface area (TPSA) is 78.9 Å². The van der Waals surface area contributed by atoms with E-state index in [1.165, 1.54) is 12.8 Å². The molecule has 0 bridgehead atoms. The molecule has 0 saturated heterocycles. The molecule has 0 aliphatic carbocycles. The van der Waals surface area contributed by atoms with Gasteiger partial charge in [-0.15, -0.1) is 0 Å². The number of esters is 3. The van der Waals surface area contributed by atoms with Crippen LogP contribution in [0, 0.1) is 0 Å². The smallest absolute Gasteiger partial charge is 0.306 e. The van der Waals surface area contributed by atoms with Gasteiger partial charge in [0.05, 0.1) is 0 Å². The zero-order valence-corrected chi connectivity index (χ0v) is 44.2. The van der Waals surface area contributed by atoms with Crippen molar-refractivity contribution in [3.8, 4) is 0 Å². The van der Waals surface area contributed by atoms with Crippen LogP contribution in [0.4, 0.5) is 0 Å².